The number of nitrogens with one attached hydrogen (secondary N) is 2. The quantitative estimate of drug-likeness (QED) is 0.750. The predicted octanol–water partition coefficient (Wildman–Crippen LogP) is 0.652. The van der Waals surface area contributed by atoms with Gasteiger partial charge in [-0.25, -0.2) is 8.42 Å². The average molecular weight is 417 g/mol. The lowest BCUT2D eigenvalue weighted by molar-refractivity contribution is -0.135. The fourth-order valence-electron chi connectivity index (χ4n) is 3.46. The summed E-state index contributed by atoms with van der Waals surface area (Å²) in [6, 6.07) is 6.08. The number of rotatable bonds is 4. The van der Waals surface area contributed by atoms with Gasteiger partial charge in [-0.3, -0.25) is 9.59 Å². The van der Waals surface area contributed by atoms with E-state index in [1.807, 2.05) is 0 Å². The minimum atomic E-state index is -3.63. The zero-order chi connectivity index (χ0) is 18.7. The van der Waals surface area contributed by atoms with Crippen LogP contribution in [0.4, 0.5) is 5.69 Å². The highest BCUT2D eigenvalue weighted by molar-refractivity contribution is 7.89. The first-order valence-corrected chi connectivity index (χ1v) is 10.2. The summed E-state index contributed by atoms with van der Waals surface area (Å²) < 4.78 is 27.4. The predicted molar refractivity (Wildman–Crippen MR) is 104 cm³/mol. The summed E-state index contributed by atoms with van der Waals surface area (Å²) in [6.45, 7) is 3.83. The van der Waals surface area contributed by atoms with Crippen molar-refractivity contribution in [3.63, 3.8) is 0 Å². The third-order valence-electron chi connectivity index (χ3n) is 4.74. The van der Waals surface area contributed by atoms with E-state index in [-0.39, 0.29) is 35.2 Å². The number of anilines is 1. The molecule has 2 N–H and O–H groups in total. The van der Waals surface area contributed by atoms with Crippen LogP contribution in [0.2, 0.25) is 0 Å². The summed E-state index contributed by atoms with van der Waals surface area (Å²) in [5, 5.41) is 5.66. The number of carbonyl (C=O) groups is 2. The summed E-state index contributed by atoms with van der Waals surface area (Å²) in [7, 11) is -3.63. The molecule has 3 rings (SSSR count). The number of halogens is 1. The van der Waals surface area contributed by atoms with Gasteiger partial charge in [-0.05, 0) is 37.1 Å². The summed E-state index contributed by atoms with van der Waals surface area (Å²) in [4.78, 5) is 25.2. The van der Waals surface area contributed by atoms with Crippen LogP contribution >= 0.6 is 12.4 Å². The number of hydrogen-bond acceptors (Lipinski definition) is 5. The second kappa shape index (κ2) is 9.01. The van der Waals surface area contributed by atoms with Gasteiger partial charge in [0.1, 0.15) is 0 Å². The topological polar surface area (TPSA) is 98.8 Å². The van der Waals surface area contributed by atoms with E-state index in [0.717, 1.165) is 19.4 Å². The number of sulfonamides is 1. The van der Waals surface area contributed by atoms with E-state index >= 15 is 0 Å². The van der Waals surface area contributed by atoms with Gasteiger partial charge in [0.2, 0.25) is 21.8 Å². The van der Waals surface area contributed by atoms with Gasteiger partial charge in [0, 0.05) is 44.8 Å². The van der Waals surface area contributed by atoms with Crippen molar-refractivity contribution in [1.29, 1.82) is 0 Å². The molecule has 2 aliphatic heterocycles. The number of benzene rings is 1. The Bertz CT molecular complexity index is 785. The van der Waals surface area contributed by atoms with E-state index in [9.17, 15) is 18.0 Å². The van der Waals surface area contributed by atoms with E-state index in [1.54, 1.807) is 17.0 Å². The van der Waals surface area contributed by atoms with Crippen molar-refractivity contribution in [3.05, 3.63) is 24.3 Å². The van der Waals surface area contributed by atoms with Gasteiger partial charge in [-0.1, -0.05) is 0 Å². The summed E-state index contributed by atoms with van der Waals surface area (Å²) in [5.41, 5.74) is 0.555. The van der Waals surface area contributed by atoms with Gasteiger partial charge >= 0.3 is 0 Å². The number of nitrogens with zero attached hydrogens (tertiary/aromatic N) is 2. The van der Waals surface area contributed by atoms with E-state index < -0.39 is 10.0 Å². The molecule has 2 heterocycles. The molecule has 150 valence electrons. The van der Waals surface area contributed by atoms with Gasteiger partial charge in [-0.15, -0.1) is 12.4 Å². The van der Waals surface area contributed by atoms with Crippen LogP contribution in [0.25, 0.3) is 0 Å². The van der Waals surface area contributed by atoms with Crippen LogP contribution in [-0.2, 0) is 19.6 Å². The molecule has 1 unspecified atom stereocenters. The maximum Gasteiger partial charge on any atom is 0.243 e. The third-order valence-corrected chi connectivity index (χ3v) is 6.62. The molecule has 0 bridgehead atoms. The second-order valence-electron chi connectivity index (χ2n) is 6.63. The minimum absolute atomic E-state index is 0. The van der Waals surface area contributed by atoms with Crippen molar-refractivity contribution in [2.24, 2.45) is 0 Å². The molecule has 27 heavy (non-hydrogen) atoms. The number of piperidine rings is 1. The first kappa shape index (κ1) is 21.6. The van der Waals surface area contributed by atoms with E-state index in [0.29, 0.717) is 31.9 Å². The number of carbonyl (C=O) groups excluding carboxylic acids is 2. The number of piperazine rings is 1. The standard InChI is InChI=1S/C17H24N4O4S.ClH/c1-13(22)19-14-4-6-16(7-5-14)26(24,25)20-9-2-3-15(12-20)21-10-8-18-11-17(21)23;/h4-7,15,18H,2-3,8-12H2,1H3,(H,19,22);1H. The van der Waals surface area contributed by atoms with Crippen LogP contribution in [0.15, 0.2) is 29.2 Å². The average Bonchev–Trinajstić information content (AvgIpc) is 2.62. The molecule has 0 radical (unpaired) electrons. The Balaban J connectivity index is 0.00000261. The SMILES string of the molecule is CC(=O)Nc1ccc(S(=O)(=O)N2CCCC(N3CCNCC3=O)C2)cc1.Cl. The van der Waals surface area contributed by atoms with Crippen molar-refractivity contribution in [1.82, 2.24) is 14.5 Å². The lowest BCUT2D eigenvalue weighted by Gasteiger charge is -2.40. The van der Waals surface area contributed by atoms with Crippen molar-refractivity contribution in [2.45, 2.75) is 30.7 Å². The monoisotopic (exact) mass is 416 g/mol. The summed E-state index contributed by atoms with van der Waals surface area (Å²) in [6.07, 6.45) is 1.55. The largest absolute Gasteiger partial charge is 0.336 e. The highest BCUT2D eigenvalue weighted by Crippen LogP contribution is 2.24. The molecule has 0 aliphatic carbocycles. The summed E-state index contributed by atoms with van der Waals surface area (Å²) >= 11 is 0. The van der Waals surface area contributed by atoms with Crippen LogP contribution in [0.3, 0.4) is 0 Å². The van der Waals surface area contributed by atoms with Crippen molar-refractivity contribution < 1.29 is 18.0 Å². The lowest BCUT2D eigenvalue weighted by atomic mass is 10.1. The molecule has 2 amide bonds. The Morgan fingerprint density at radius 2 is 1.93 bits per heavy atom. The van der Waals surface area contributed by atoms with Crippen molar-refractivity contribution in [2.75, 3.05) is 38.0 Å². The zero-order valence-electron chi connectivity index (χ0n) is 15.2. The molecule has 8 nitrogen and oxygen atoms in total. The number of amides is 2. The fraction of sp³-hybridized carbons (Fsp3) is 0.529. The fourth-order valence-corrected chi connectivity index (χ4v) is 4.98. The van der Waals surface area contributed by atoms with Gasteiger partial charge in [0.15, 0.2) is 0 Å². The molecule has 1 aromatic rings. The maximum atomic E-state index is 13.0. The highest BCUT2D eigenvalue weighted by atomic mass is 35.5. The molecule has 0 spiro atoms. The molecule has 0 saturated carbocycles. The molecular weight excluding hydrogens is 392 g/mol. The summed E-state index contributed by atoms with van der Waals surface area (Å²) in [5.74, 6) is -0.180. The van der Waals surface area contributed by atoms with Gasteiger partial charge in [-0.2, -0.15) is 4.31 Å². The Hall–Kier alpha value is -1.68. The van der Waals surface area contributed by atoms with Crippen LogP contribution in [-0.4, -0.2) is 68.2 Å². The maximum absolute atomic E-state index is 13.0. The number of hydrogen-bond donors (Lipinski definition) is 2. The smallest absolute Gasteiger partial charge is 0.243 e. The Morgan fingerprint density at radius 3 is 2.56 bits per heavy atom. The first-order chi connectivity index (χ1) is 12.4. The second-order valence-corrected chi connectivity index (χ2v) is 8.57. The molecule has 2 saturated heterocycles. The Labute approximate surface area is 165 Å². The minimum Gasteiger partial charge on any atom is -0.336 e. The van der Waals surface area contributed by atoms with Gasteiger partial charge in [0.25, 0.3) is 0 Å². The molecular formula is C17H25ClN4O4S. The molecule has 0 aromatic heterocycles. The molecule has 1 aromatic carbocycles. The van der Waals surface area contributed by atoms with Crippen LogP contribution in [0, 0.1) is 0 Å². The van der Waals surface area contributed by atoms with Crippen molar-refractivity contribution >= 4 is 39.9 Å². The molecule has 1 atom stereocenters. The lowest BCUT2D eigenvalue weighted by Crippen LogP contribution is -2.57. The van der Waals surface area contributed by atoms with Gasteiger partial charge < -0.3 is 15.5 Å². The third kappa shape index (κ3) is 4.98. The highest BCUT2D eigenvalue weighted by Gasteiger charge is 2.35. The molecule has 10 heteroatoms. The van der Waals surface area contributed by atoms with Crippen molar-refractivity contribution in [3.8, 4) is 0 Å². The van der Waals surface area contributed by atoms with Gasteiger partial charge in [0.05, 0.1) is 11.4 Å². The van der Waals surface area contributed by atoms with Crippen LogP contribution < -0.4 is 10.6 Å². The molecule has 2 fully saturated rings. The van der Waals surface area contributed by atoms with E-state index in [2.05, 4.69) is 10.6 Å². The first-order valence-electron chi connectivity index (χ1n) is 8.76. The molecule has 2 aliphatic rings. The normalized spacial score (nSPS) is 21.4. The van der Waals surface area contributed by atoms with E-state index in [1.165, 1.54) is 23.4 Å². The van der Waals surface area contributed by atoms with Crippen LogP contribution in [0.5, 0.6) is 0 Å². The van der Waals surface area contributed by atoms with Crippen LogP contribution in [0.1, 0.15) is 19.8 Å². The Morgan fingerprint density at radius 1 is 1.22 bits per heavy atom. The van der Waals surface area contributed by atoms with E-state index in [4.69, 9.17) is 0 Å². The zero-order valence-corrected chi connectivity index (χ0v) is 16.8. The Kier molecular flexibility index (Phi) is 7.21.